The van der Waals surface area contributed by atoms with E-state index in [1.54, 1.807) is 12.1 Å². The molecular weight excluding hydrogens is 276 g/mol. The summed E-state index contributed by atoms with van der Waals surface area (Å²) in [5.41, 5.74) is 0.797. The molecular formula is C14H18N2O5. The number of likely N-dealkylation sites (tertiary alicyclic amines) is 1. The van der Waals surface area contributed by atoms with Crippen LogP contribution in [0.5, 0.6) is 11.5 Å². The summed E-state index contributed by atoms with van der Waals surface area (Å²) in [4.78, 5) is 24.0. The van der Waals surface area contributed by atoms with E-state index in [0.717, 1.165) is 5.56 Å². The lowest BCUT2D eigenvalue weighted by Crippen LogP contribution is -2.33. The molecule has 2 amide bonds. The quantitative estimate of drug-likeness (QED) is 0.770. The molecule has 1 unspecified atom stereocenters. The number of carboxylic acid groups (broad SMARTS) is 1. The standard InChI is InChI=1S/C14H18N2O5/c1-21-12-6-9(2-3-11(12)17)7-15-13(18)10-4-5-16(8-10)14(19)20/h2-3,6,10,17H,4-5,7-8H2,1H3,(H,15,18)(H,19,20). The zero-order valence-electron chi connectivity index (χ0n) is 11.7. The Morgan fingerprint density at radius 3 is 2.86 bits per heavy atom. The Balaban J connectivity index is 1.88. The molecule has 1 aliphatic heterocycles. The molecule has 1 aromatic carbocycles. The van der Waals surface area contributed by atoms with Crippen LogP contribution in [0.2, 0.25) is 0 Å². The monoisotopic (exact) mass is 294 g/mol. The van der Waals surface area contributed by atoms with Gasteiger partial charge in [-0.3, -0.25) is 4.79 Å². The van der Waals surface area contributed by atoms with Gasteiger partial charge in [-0.2, -0.15) is 0 Å². The SMILES string of the molecule is COc1cc(CNC(=O)C2CCN(C(=O)O)C2)ccc1O. The van der Waals surface area contributed by atoms with E-state index in [1.165, 1.54) is 18.1 Å². The van der Waals surface area contributed by atoms with Crippen LogP contribution in [0.15, 0.2) is 18.2 Å². The molecule has 0 radical (unpaired) electrons. The summed E-state index contributed by atoms with van der Waals surface area (Å²) in [6.45, 7) is 0.930. The van der Waals surface area contributed by atoms with Crippen molar-refractivity contribution in [1.29, 1.82) is 0 Å². The third kappa shape index (κ3) is 3.56. The first-order valence-corrected chi connectivity index (χ1v) is 6.62. The third-order valence-corrected chi connectivity index (χ3v) is 3.54. The summed E-state index contributed by atoms with van der Waals surface area (Å²) in [5, 5.41) is 21.1. The molecule has 0 spiro atoms. The zero-order chi connectivity index (χ0) is 15.4. The Morgan fingerprint density at radius 2 is 2.24 bits per heavy atom. The largest absolute Gasteiger partial charge is 0.504 e. The van der Waals surface area contributed by atoms with Gasteiger partial charge in [0.05, 0.1) is 13.0 Å². The van der Waals surface area contributed by atoms with Crippen LogP contribution < -0.4 is 10.1 Å². The highest BCUT2D eigenvalue weighted by Crippen LogP contribution is 2.26. The second-order valence-electron chi connectivity index (χ2n) is 4.94. The first kappa shape index (κ1) is 15.0. The van der Waals surface area contributed by atoms with Crippen LogP contribution in [-0.2, 0) is 11.3 Å². The van der Waals surface area contributed by atoms with E-state index in [2.05, 4.69) is 5.32 Å². The van der Waals surface area contributed by atoms with Gasteiger partial charge < -0.3 is 25.2 Å². The molecule has 0 aromatic heterocycles. The molecule has 0 aliphatic carbocycles. The minimum absolute atomic E-state index is 0.0421. The molecule has 1 fully saturated rings. The smallest absolute Gasteiger partial charge is 0.407 e. The number of aromatic hydroxyl groups is 1. The number of phenolic OH excluding ortho intramolecular Hbond substituents is 1. The van der Waals surface area contributed by atoms with Crippen LogP contribution in [0.4, 0.5) is 4.79 Å². The van der Waals surface area contributed by atoms with E-state index in [0.29, 0.717) is 25.3 Å². The normalized spacial score (nSPS) is 17.6. The van der Waals surface area contributed by atoms with Crippen molar-refractivity contribution in [3.63, 3.8) is 0 Å². The van der Waals surface area contributed by atoms with Gasteiger partial charge in [0.15, 0.2) is 11.5 Å². The highest BCUT2D eigenvalue weighted by Gasteiger charge is 2.30. The molecule has 7 nitrogen and oxygen atoms in total. The fourth-order valence-corrected chi connectivity index (χ4v) is 2.31. The summed E-state index contributed by atoms with van der Waals surface area (Å²) in [5.74, 6) is -0.0777. The van der Waals surface area contributed by atoms with Crippen LogP contribution >= 0.6 is 0 Å². The molecule has 21 heavy (non-hydrogen) atoms. The fourth-order valence-electron chi connectivity index (χ4n) is 2.31. The Kier molecular flexibility index (Phi) is 4.52. The predicted octanol–water partition coefficient (Wildman–Crippen LogP) is 1.02. The average molecular weight is 294 g/mol. The van der Waals surface area contributed by atoms with Crippen molar-refractivity contribution in [2.24, 2.45) is 5.92 Å². The van der Waals surface area contributed by atoms with E-state index >= 15 is 0 Å². The number of phenols is 1. The first-order valence-electron chi connectivity index (χ1n) is 6.62. The Hall–Kier alpha value is -2.44. The molecule has 1 saturated heterocycles. The van der Waals surface area contributed by atoms with Gasteiger partial charge in [-0.05, 0) is 24.1 Å². The molecule has 114 valence electrons. The highest BCUT2D eigenvalue weighted by molar-refractivity contribution is 5.80. The number of hydrogen-bond acceptors (Lipinski definition) is 4. The molecule has 1 atom stereocenters. The topological polar surface area (TPSA) is 99.1 Å². The van der Waals surface area contributed by atoms with Crippen molar-refractivity contribution in [2.45, 2.75) is 13.0 Å². The van der Waals surface area contributed by atoms with Crippen LogP contribution in [0.1, 0.15) is 12.0 Å². The lowest BCUT2D eigenvalue weighted by molar-refractivity contribution is -0.124. The van der Waals surface area contributed by atoms with E-state index in [4.69, 9.17) is 9.84 Å². The number of ether oxygens (including phenoxy) is 1. The number of rotatable bonds is 4. The molecule has 0 saturated carbocycles. The van der Waals surface area contributed by atoms with Crippen molar-refractivity contribution in [3.05, 3.63) is 23.8 Å². The third-order valence-electron chi connectivity index (χ3n) is 3.54. The predicted molar refractivity (Wildman–Crippen MR) is 74.2 cm³/mol. The van der Waals surface area contributed by atoms with E-state index < -0.39 is 6.09 Å². The van der Waals surface area contributed by atoms with Crippen molar-refractivity contribution in [2.75, 3.05) is 20.2 Å². The van der Waals surface area contributed by atoms with Gasteiger partial charge in [-0.15, -0.1) is 0 Å². The van der Waals surface area contributed by atoms with Gasteiger partial charge >= 0.3 is 6.09 Å². The molecule has 1 aromatic rings. The van der Waals surface area contributed by atoms with Crippen molar-refractivity contribution in [3.8, 4) is 11.5 Å². The fraction of sp³-hybridized carbons (Fsp3) is 0.429. The lowest BCUT2D eigenvalue weighted by Gasteiger charge is -2.13. The molecule has 1 aliphatic rings. The lowest BCUT2D eigenvalue weighted by atomic mass is 10.1. The zero-order valence-corrected chi connectivity index (χ0v) is 11.7. The number of benzene rings is 1. The number of carbonyl (C=O) groups excluding carboxylic acids is 1. The second-order valence-corrected chi connectivity index (χ2v) is 4.94. The number of carbonyl (C=O) groups is 2. The summed E-state index contributed by atoms with van der Waals surface area (Å²) in [7, 11) is 1.45. The van der Waals surface area contributed by atoms with Crippen LogP contribution in [0.3, 0.4) is 0 Å². The van der Waals surface area contributed by atoms with Crippen molar-refractivity contribution < 1.29 is 24.5 Å². The molecule has 1 heterocycles. The van der Waals surface area contributed by atoms with Gasteiger partial charge in [-0.25, -0.2) is 4.79 Å². The Morgan fingerprint density at radius 1 is 1.48 bits per heavy atom. The summed E-state index contributed by atoms with van der Waals surface area (Å²) in [6.07, 6.45) is -0.453. The maximum atomic E-state index is 12.0. The number of nitrogens with one attached hydrogen (secondary N) is 1. The Bertz CT molecular complexity index is 546. The van der Waals surface area contributed by atoms with Crippen molar-refractivity contribution >= 4 is 12.0 Å². The average Bonchev–Trinajstić information content (AvgIpc) is 2.96. The molecule has 0 bridgehead atoms. The second kappa shape index (κ2) is 6.34. The number of amides is 2. The van der Waals surface area contributed by atoms with Crippen LogP contribution in [-0.4, -0.2) is 47.3 Å². The highest BCUT2D eigenvalue weighted by atomic mass is 16.5. The van der Waals surface area contributed by atoms with Crippen LogP contribution in [0, 0.1) is 5.92 Å². The maximum absolute atomic E-state index is 12.0. The minimum atomic E-state index is -0.992. The van der Waals surface area contributed by atoms with Crippen molar-refractivity contribution in [1.82, 2.24) is 10.2 Å². The number of methoxy groups -OCH3 is 1. The molecule has 7 heteroatoms. The number of nitrogens with zero attached hydrogens (tertiary/aromatic N) is 1. The minimum Gasteiger partial charge on any atom is -0.504 e. The van der Waals surface area contributed by atoms with E-state index in [9.17, 15) is 14.7 Å². The van der Waals surface area contributed by atoms with Gasteiger partial charge in [0.25, 0.3) is 0 Å². The summed E-state index contributed by atoms with van der Waals surface area (Å²) >= 11 is 0. The van der Waals surface area contributed by atoms with Gasteiger partial charge in [0, 0.05) is 19.6 Å². The van der Waals surface area contributed by atoms with E-state index in [1.807, 2.05) is 0 Å². The summed E-state index contributed by atoms with van der Waals surface area (Å²) in [6, 6.07) is 4.84. The molecule has 2 rings (SSSR count). The van der Waals surface area contributed by atoms with E-state index in [-0.39, 0.29) is 24.1 Å². The van der Waals surface area contributed by atoms with Gasteiger partial charge in [0.2, 0.25) is 5.91 Å². The van der Waals surface area contributed by atoms with Gasteiger partial charge in [0.1, 0.15) is 0 Å². The molecule has 3 N–H and O–H groups in total. The summed E-state index contributed by atoms with van der Waals surface area (Å²) < 4.78 is 5.00. The Labute approximate surface area is 122 Å². The van der Waals surface area contributed by atoms with Crippen LogP contribution in [0.25, 0.3) is 0 Å². The number of hydrogen-bond donors (Lipinski definition) is 3. The first-order chi connectivity index (χ1) is 10.0. The van der Waals surface area contributed by atoms with Gasteiger partial charge in [-0.1, -0.05) is 6.07 Å². The maximum Gasteiger partial charge on any atom is 0.407 e.